The molecular formula is C27H24N2O7S2. The van der Waals surface area contributed by atoms with Gasteiger partial charge in [-0.2, -0.15) is 8.42 Å². The second kappa shape index (κ2) is 11.1. The number of amides is 3. The Morgan fingerprint density at radius 2 is 1.74 bits per heavy atom. The van der Waals surface area contributed by atoms with Gasteiger partial charge in [-0.25, -0.2) is 0 Å². The minimum absolute atomic E-state index is 0.0126. The quantitative estimate of drug-likeness (QED) is 0.314. The number of rotatable bonds is 8. The van der Waals surface area contributed by atoms with Crippen molar-refractivity contribution < 1.29 is 31.7 Å². The average Bonchev–Trinajstić information content (AvgIpc) is 3.14. The zero-order valence-corrected chi connectivity index (χ0v) is 22.4. The van der Waals surface area contributed by atoms with Crippen molar-refractivity contribution in [3.63, 3.8) is 0 Å². The number of hydrogen-bond donors (Lipinski definition) is 1. The van der Waals surface area contributed by atoms with E-state index in [9.17, 15) is 22.8 Å². The summed E-state index contributed by atoms with van der Waals surface area (Å²) in [6.45, 7) is 3.31. The lowest BCUT2D eigenvalue weighted by atomic mass is 10.1. The highest BCUT2D eigenvalue weighted by Gasteiger charge is 2.36. The second-order valence-electron chi connectivity index (χ2n) is 8.40. The second-order valence-corrected chi connectivity index (χ2v) is 10.9. The van der Waals surface area contributed by atoms with Crippen molar-refractivity contribution >= 4 is 50.7 Å². The third kappa shape index (κ3) is 6.06. The third-order valence-corrected chi connectivity index (χ3v) is 7.72. The standard InChI is InChI=1S/C27H24N2O7S2/c1-17-9-10-18(2)21(13-17)28-25(30)16-29-26(31)24(37-27(29)32)15-19-11-12-22(23(14-19)35-3)36-38(33,34)20-7-5-4-6-8-20/h4-15H,16H2,1-3H3,(H,28,30)/b24-15-. The number of carbonyl (C=O) groups is 3. The molecule has 1 N–H and O–H groups in total. The van der Waals surface area contributed by atoms with Crippen molar-refractivity contribution in [2.75, 3.05) is 19.0 Å². The maximum absolute atomic E-state index is 12.9. The van der Waals surface area contributed by atoms with Gasteiger partial charge in [0.2, 0.25) is 5.91 Å². The Labute approximate surface area is 224 Å². The lowest BCUT2D eigenvalue weighted by molar-refractivity contribution is -0.127. The number of ether oxygens (including phenoxy) is 1. The van der Waals surface area contributed by atoms with Crippen LogP contribution in [0.2, 0.25) is 0 Å². The lowest BCUT2D eigenvalue weighted by Gasteiger charge is -2.14. The third-order valence-electron chi connectivity index (χ3n) is 5.56. The van der Waals surface area contributed by atoms with E-state index in [-0.39, 0.29) is 21.3 Å². The number of methoxy groups -OCH3 is 1. The summed E-state index contributed by atoms with van der Waals surface area (Å²) in [5.74, 6) is -1.03. The maximum Gasteiger partial charge on any atom is 0.339 e. The molecule has 9 nitrogen and oxygen atoms in total. The first-order valence-electron chi connectivity index (χ1n) is 11.4. The molecule has 0 saturated carbocycles. The molecule has 0 atom stereocenters. The van der Waals surface area contributed by atoms with Gasteiger partial charge in [0.15, 0.2) is 11.5 Å². The largest absolute Gasteiger partial charge is 0.493 e. The van der Waals surface area contributed by atoms with Crippen LogP contribution >= 0.6 is 11.8 Å². The highest BCUT2D eigenvalue weighted by Crippen LogP contribution is 2.35. The summed E-state index contributed by atoms with van der Waals surface area (Å²) in [6.07, 6.45) is 1.46. The highest BCUT2D eigenvalue weighted by molar-refractivity contribution is 8.18. The fourth-order valence-electron chi connectivity index (χ4n) is 3.59. The minimum Gasteiger partial charge on any atom is -0.493 e. The average molecular weight is 553 g/mol. The molecule has 1 saturated heterocycles. The van der Waals surface area contributed by atoms with E-state index in [1.165, 1.54) is 43.5 Å². The summed E-state index contributed by atoms with van der Waals surface area (Å²) < 4.78 is 35.7. The molecule has 1 heterocycles. The monoisotopic (exact) mass is 552 g/mol. The van der Waals surface area contributed by atoms with E-state index in [1.54, 1.807) is 18.2 Å². The van der Waals surface area contributed by atoms with Gasteiger partial charge in [0, 0.05) is 5.69 Å². The van der Waals surface area contributed by atoms with Crippen LogP contribution in [0.5, 0.6) is 11.5 Å². The Bertz CT molecular complexity index is 1550. The summed E-state index contributed by atoms with van der Waals surface area (Å²) in [4.78, 5) is 38.9. The van der Waals surface area contributed by atoms with Gasteiger partial charge in [-0.15, -0.1) is 0 Å². The molecule has 38 heavy (non-hydrogen) atoms. The van der Waals surface area contributed by atoms with E-state index in [0.29, 0.717) is 23.0 Å². The molecule has 0 aromatic heterocycles. The van der Waals surface area contributed by atoms with Crippen LogP contribution in [-0.2, 0) is 19.7 Å². The van der Waals surface area contributed by atoms with Crippen molar-refractivity contribution in [3.8, 4) is 11.5 Å². The van der Waals surface area contributed by atoms with Crippen LogP contribution in [0.25, 0.3) is 6.08 Å². The van der Waals surface area contributed by atoms with E-state index in [4.69, 9.17) is 8.92 Å². The Morgan fingerprint density at radius 3 is 2.45 bits per heavy atom. The van der Waals surface area contributed by atoms with Crippen LogP contribution in [0, 0.1) is 13.8 Å². The first kappa shape index (κ1) is 27.0. The van der Waals surface area contributed by atoms with Gasteiger partial charge in [0.1, 0.15) is 11.4 Å². The molecule has 1 aliphatic rings. The minimum atomic E-state index is -4.09. The van der Waals surface area contributed by atoms with Gasteiger partial charge in [0.25, 0.3) is 11.1 Å². The zero-order valence-electron chi connectivity index (χ0n) is 20.8. The molecule has 0 aliphatic carbocycles. The van der Waals surface area contributed by atoms with Gasteiger partial charge in [-0.3, -0.25) is 19.3 Å². The van der Waals surface area contributed by atoms with Gasteiger partial charge in [-0.05, 0) is 78.7 Å². The van der Waals surface area contributed by atoms with E-state index in [1.807, 2.05) is 32.0 Å². The molecule has 1 fully saturated rings. The molecule has 196 valence electrons. The SMILES string of the molecule is COc1cc(/C=C2\SC(=O)N(CC(=O)Nc3cc(C)ccc3C)C2=O)ccc1OS(=O)(=O)c1ccccc1. The summed E-state index contributed by atoms with van der Waals surface area (Å²) in [5, 5.41) is 2.17. The number of thioether (sulfide) groups is 1. The lowest BCUT2D eigenvalue weighted by Crippen LogP contribution is -2.36. The smallest absolute Gasteiger partial charge is 0.339 e. The van der Waals surface area contributed by atoms with E-state index in [0.717, 1.165) is 16.0 Å². The van der Waals surface area contributed by atoms with Crippen molar-refractivity contribution in [1.82, 2.24) is 4.90 Å². The van der Waals surface area contributed by atoms with E-state index >= 15 is 0 Å². The molecule has 0 spiro atoms. The molecule has 3 aromatic carbocycles. The molecular weight excluding hydrogens is 528 g/mol. The maximum atomic E-state index is 12.9. The fraction of sp³-hybridized carbons (Fsp3) is 0.148. The van der Waals surface area contributed by atoms with Crippen molar-refractivity contribution in [3.05, 3.63) is 88.3 Å². The summed E-state index contributed by atoms with van der Waals surface area (Å²) in [7, 11) is -2.74. The van der Waals surface area contributed by atoms with Crippen molar-refractivity contribution in [2.45, 2.75) is 18.7 Å². The van der Waals surface area contributed by atoms with Gasteiger partial charge < -0.3 is 14.2 Å². The van der Waals surface area contributed by atoms with Crippen LogP contribution in [0.15, 0.2) is 76.5 Å². The van der Waals surface area contributed by atoms with Crippen LogP contribution in [0.4, 0.5) is 10.5 Å². The number of hydrogen-bond acceptors (Lipinski definition) is 8. The van der Waals surface area contributed by atoms with E-state index < -0.39 is 33.7 Å². The number of nitrogens with one attached hydrogen (secondary N) is 1. The molecule has 3 amide bonds. The number of carbonyl (C=O) groups excluding carboxylic acids is 3. The molecule has 0 bridgehead atoms. The van der Waals surface area contributed by atoms with Gasteiger partial charge in [-0.1, -0.05) is 36.4 Å². The highest BCUT2D eigenvalue weighted by atomic mass is 32.2. The van der Waals surface area contributed by atoms with Crippen molar-refractivity contribution in [1.29, 1.82) is 0 Å². The predicted molar refractivity (Wildman–Crippen MR) is 144 cm³/mol. The first-order chi connectivity index (χ1) is 18.1. The number of nitrogens with zero attached hydrogens (tertiary/aromatic N) is 1. The van der Waals surface area contributed by atoms with Gasteiger partial charge >= 0.3 is 10.1 Å². The summed E-state index contributed by atoms with van der Waals surface area (Å²) in [5.41, 5.74) is 2.90. The summed E-state index contributed by atoms with van der Waals surface area (Å²) >= 11 is 0.706. The number of benzene rings is 3. The first-order valence-corrected chi connectivity index (χ1v) is 13.6. The Morgan fingerprint density at radius 1 is 1.00 bits per heavy atom. The Kier molecular flexibility index (Phi) is 7.88. The van der Waals surface area contributed by atoms with Crippen molar-refractivity contribution in [2.24, 2.45) is 0 Å². The normalized spacial score (nSPS) is 14.6. The van der Waals surface area contributed by atoms with Gasteiger partial charge in [0.05, 0.1) is 12.0 Å². The number of aryl methyl sites for hydroxylation is 2. The zero-order chi connectivity index (χ0) is 27.4. The molecule has 11 heteroatoms. The molecule has 0 radical (unpaired) electrons. The van der Waals surface area contributed by atoms with Crippen LogP contribution < -0.4 is 14.2 Å². The fourth-order valence-corrected chi connectivity index (χ4v) is 5.39. The topological polar surface area (TPSA) is 119 Å². The molecule has 4 rings (SSSR count). The van der Waals surface area contributed by atoms with Crippen LogP contribution in [-0.4, -0.2) is 44.0 Å². The van der Waals surface area contributed by atoms with E-state index in [2.05, 4.69) is 5.32 Å². The van der Waals surface area contributed by atoms with Crippen LogP contribution in [0.1, 0.15) is 16.7 Å². The summed E-state index contributed by atoms with van der Waals surface area (Å²) in [6, 6.07) is 17.7. The molecule has 0 unspecified atom stereocenters. The Hall–Kier alpha value is -4.09. The molecule has 3 aromatic rings. The van der Waals surface area contributed by atoms with Crippen LogP contribution in [0.3, 0.4) is 0 Å². The number of anilines is 1. The molecule has 1 aliphatic heterocycles. The Balaban J connectivity index is 1.49. The predicted octanol–water partition coefficient (Wildman–Crippen LogP) is 4.75. The number of imide groups is 1.